The number of rotatable bonds is 10. The van der Waals surface area contributed by atoms with Gasteiger partial charge in [0.1, 0.15) is 0 Å². The highest BCUT2D eigenvalue weighted by Gasteiger charge is 2.44. The highest BCUT2D eigenvalue weighted by molar-refractivity contribution is 7.00. The molecular weight excluding hydrogens is 1010 g/mol. The zero-order chi connectivity index (χ0) is 59.3. The van der Waals surface area contributed by atoms with Crippen molar-refractivity contribution in [2.24, 2.45) is 0 Å². The van der Waals surface area contributed by atoms with E-state index >= 15 is 0 Å². The summed E-state index contributed by atoms with van der Waals surface area (Å²) in [6, 6.07) is 63.0. The molecule has 2 aromatic heterocycles. The highest BCUT2D eigenvalue weighted by atomic mass is 15.0. The summed E-state index contributed by atoms with van der Waals surface area (Å²) < 4.78 is 5.48. The van der Waals surface area contributed by atoms with E-state index in [9.17, 15) is 0 Å². The molecule has 0 aliphatic carbocycles. The Kier molecular flexibility index (Phi) is 13.4. The van der Waals surface area contributed by atoms with Crippen LogP contribution in [0.15, 0.2) is 158 Å². The lowest BCUT2D eigenvalue weighted by molar-refractivity contribution is 0.591. The van der Waals surface area contributed by atoms with Gasteiger partial charge in [0.05, 0.1) is 11.0 Å². The maximum atomic E-state index is 2.74. The minimum Gasteiger partial charge on any atom is -0.310 e. The third-order valence-electron chi connectivity index (χ3n) is 19.6. The van der Waals surface area contributed by atoms with Crippen LogP contribution in [0.5, 0.6) is 0 Å². The van der Waals surface area contributed by atoms with Crippen LogP contribution in [-0.2, 0) is 10.8 Å². The van der Waals surface area contributed by atoms with Crippen LogP contribution in [0.3, 0.4) is 0 Å². The lowest BCUT2D eigenvalue weighted by Crippen LogP contribution is -2.62. The SMILES string of the molecule is CC(C)c1cc(C(C)C)c(B2c3cc4c(cc3-n3c5ccc(-c6ccccc6)cc5c5cc(C(C)(C)C)cc2c53)B(c2c(C(C)C)cc(C(C)C)cc2C(C)C)c2cc(C(C)(C)C)cc3c5cc(-c6ccccc6)ccc5n-4c23)c(C(C)C)c1. The van der Waals surface area contributed by atoms with Crippen LogP contribution in [0.2, 0.25) is 0 Å². The van der Waals surface area contributed by atoms with Crippen molar-refractivity contribution in [2.75, 3.05) is 0 Å². The average Bonchev–Trinajstić information content (AvgIpc) is 1.44. The Morgan fingerprint density at radius 3 is 0.940 bits per heavy atom. The van der Waals surface area contributed by atoms with Gasteiger partial charge in [0, 0.05) is 44.0 Å². The van der Waals surface area contributed by atoms with Crippen molar-refractivity contribution in [1.82, 2.24) is 9.13 Å². The summed E-state index contributed by atoms with van der Waals surface area (Å²) in [5.41, 5.74) is 32.6. The topological polar surface area (TPSA) is 9.86 Å². The van der Waals surface area contributed by atoms with E-state index < -0.39 is 0 Å². The van der Waals surface area contributed by atoms with Crippen molar-refractivity contribution < 1.29 is 0 Å². The summed E-state index contributed by atoms with van der Waals surface area (Å²) in [6.45, 7) is 43.4. The molecule has 9 aromatic carbocycles. The molecule has 0 bridgehead atoms. The van der Waals surface area contributed by atoms with Gasteiger partial charge >= 0.3 is 0 Å². The van der Waals surface area contributed by atoms with Crippen molar-refractivity contribution >= 4 is 89.8 Å². The van der Waals surface area contributed by atoms with Gasteiger partial charge in [-0.25, -0.2) is 0 Å². The molecule has 422 valence electrons. The number of aromatic nitrogens is 2. The normalized spacial score (nSPS) is 13.5. The number of hydrogen-bond acceptors (Lipinski definition) is 0. The van der Waals surface area contributed by atoms with Crippen LogP contribution in [0.1, 0.15) is 205 Å². The largest absolute Gasteiger partial charge is 0.310 e. The summed E-state index contributed by atoms with van der Waals surface area (Å²) in [5.74, 6) is 2.02. The van der Waals surface area contributed by atoms with Crippen LogP contribution in [0, 0.1) is 0 Å². The van der Waals surface area contributed by atoms with Gasteiger partial charge in [0.25, 0.3) is 0 Å². The van der Waals surface area contributed by atoms with Gasteiger partial charge in [-0.1, -0.05) is 245 Å². The second kappa shape index (κ2) is 20.2. The summed E-state index contributed by atoms with van der Waals surface area (Å²) in [6.07, 6.45) is 0. The average molecular weight is 1100 g/mol. The first-order valence-electron chi connectivity index (χ1n) is 31.8. The van der Waals surface area contributed by atoms with Gasteiger partial charge in [0.15, 0.2) is 0 Å². The van der Waals surface area contributed by atoms with E-state index in [4.69, 9.17) is 0 Å². The number of benzene rings is 9. The van der Waals surface area contributed by atoms with Crippen LogP contribution in [-0.4, -0.2) is 22.6 Å². The van der Waals surface area contributed by atoms with Gasteiger partial charge in [-0.05, 0) is 183 Å². The molecule has 0 atom stereocenters. The van der Waals surface area contributed by atoms with Gasteiger partial charge < -0.3 is 9.13 Å². The smallest absolute Gasteiger partial charge is 0.247 e. The molecule has 0 spiro atoms. The number of nitrogens with zero attached hydrogens (tertiary/aromatic N) is 2. The Bertz CT molecular complexity index is 4100. The van der Waals surface area contributed by atoms with Crippen molar-refractivity contribution in [3.8, 4) is 33.6 Å². The molecule has 0 radical (unpaired) electrons. The molecule has 0 amide bonds. The minimum atomic E-state index is -0.107. The molecule has 0 N–H and O–H groups in total. The molecule has 4 heterocycles. The van der Waals surface area contributed by atoms with Crippen molar-refractivity contribution in [3.05, 3.63) is 202 Å². The molecule has 2 aliphatic rings. The monoisotopic (exact) mass is 1100 g/mol. The Hall–Kier alpha value is -7.29. The van der Waals surface area contributed by atoms with Gasteiger partial charge in [-0.2, -0.15) is 0 Å². The molecule has 0 fully saturated rings. The van der Waals surface area contributed by atoms with Crippen LogP contribution < -0.4 is 32.8 Å². The van der Waals surface area contributed by atoms with E-state index in [1.165, 1.54) is 155 Å². The maximum Gasteiger partial charge on any atom is 0.247 e. The van der Waals surface area contributed by atoms with E-state index in [0.29, 0.717) is 35.5 Å². The Morgan fingerprint density at radius 1 is 0.310 bits per heavy atom. The molecular formula is C80H86B2N2. The Morgan fingerprint density at radius 2 is 0.643 bits per heavy atom. The van der Waals surface area contributed by atoms with Crippen molar-refractivity contribution in [3.63, 3.8) is 0 Å². The predicted octanol–water partition coefficient (Wildman–Crippen LogP) is 18.2. The fourth-order valence-electron chi connectivity index (χ4n) is 14.9. The second-order valence-electron chi connectivity index (χ2n) is 29.3. The van der Waals surface area contributed by atoms with E-state index in [2.05, 4.69) is 291 Å². The Balaban J connectivity index is 1.27. The highest BCUT2D eigenvalue weighted by Crippen LogP contribution is 2.43. The molecule has 0 saturated heterocycles. The van der Waals surface area contributed by atoms with Crippen LogP contribution >= 0.6 is 0 Å². The fourth-order valence-corrected chi connectivity index (χ4v) is 14.9. The molecule has 13 rings (SSSR count). The van der Waals surface area contributed by atoms with E-state index in [-0.39, 0.29) is 24.3 Å². The maximum absolute atomic E-state index is 2.74. The van der Waals surface area contributed by atoms with Crippen LogP contribution in [0.25, 0.3) is 77.2 Å². The molecule has 84 heavy (non-hydrogen) atoms. The zero-order valence-corrected chi connectivity index (χ0v) is 53.5. The fraction of sp³-hybridized carbons (Fsp3) is 0.325. The minimum absolute atomic E-state index is 0.0515. The first-order chi connectivity index (χ1) is 39.9. The molecule has 4 heteroatoms. The standard InChI is InChI=1S/C80H86B2N2/c1-45(2)55-35-59(47(5)6)75(60(36-55)48(7)8)81-67-43-74-68(44-73(67)83-71-31-29-53(51-25-21-19-22-26-51)33-63(71)65-39-57(79(13,14)15)41-69(81)77(65)83)82(76-61(49(9)10)37-56(46(3)4)38-62(76)50(11)12)70-42-58(80(16,17)18)40-66-64-34-54(52-27-23-20-24-28-52)30-32-72(64)84(74)78(66)70/h19-50H,1-18H3. The van der Waals surface area contributed by atoms with E-state index in [1.807, 2.05) is 0 Å². The third kappa shape index (κ3) is 8.80. The summed E-state index contributed by atoms with van der Waals surface area (Å²) in [5, 5.41) is 5.30. The quantitative estimate of drug-likeness (QED) is 0.121. The van der Waals surface area contributed by atoms with E-state index in [0.717, 1.165) is 0 Å². The van der Waals surface area contributed by atoms with Crippen molar-refractivity contribution in [1.29, 1.82) is 0 Å². The summed E-state index contributed by atoms with van der Waals surface area (Å²) >= 11 is 0. The molecule has 2 nitrogen and oxygen atoms in total. The summed E-state index contributed by atoms with van der Waals surface area (Å²) in [4.78, 5) is 0. The number of fused-ring (bicyclic) bond motifs is 10. The first kappa shape index (κ1) is 55.9. The first-order valence-corrected chi connectivity index (χ1v) is 31.8. The van der Waals surface area contributed by atoms with Gasteiger partial charge in [0.2, 0.25) is 13.4 Å². The molecule has 0 unspecified atom stereocenters. The van der Waals surface area contributed by atoms with Crippen molar-refractivity contribution in [2.45, 2.75) is 171 Å². The van der Waals surface area contributed by atoms with E-state index in [1.54, 1.807) is 0 Å². The zero-order valence-electron chi connectivity index (χ0n) is 53.5. The molecule has 11 aromatic rings. The predicted molar refractivity (Wildman–Crippen MR) is 370 cm³/mol. The summed E-state index contributed by atoms with van der Waals surface area (Å²) in [7, 11) is 0. The number of hydrogen-bond donors (Lipinski definition) is 0. The Labute approximate surface area is 502 Å². The second-order valence-corrected chi connectivity index (χ2v) is 29.3. The van der Waals surface area contributed by atoms with Crippen LogP contribution in [0.4, 0.5) is 0 Å². The van der Waals surface area contributed by atoms with Gasteiger partial charge in [-0.15, -0.1) is 0 Å². The molecule has 2 aliphatic heterocycles. The molecule has 0 saturated carbocycles. The lowest BCUT2D eigenvalue weighted by Gasteiger charge is -2.37. The lowest BCUT2D eigenvalue weighted by atomic mass is 9.31. The van der Waals surface area contributed by atoms with Gasteiger partial charge in [-0.3, -0.25) is 0 Å². The third-order valence-corrected chi connectivity index (χ3v) is 19.6.